The van der Waals surface area contributed by atoms with Crippen molar-refractivity contribution in [2.45, 2.75) is 31.6 Å². The zero-order chi connectivity index (χ0) is 14.5. The standard InChI is InChI=1S/C15H18ClN3S/c1-4-17-14-6-5-12(16)13(19-14)9-20-15-8-10(2)7-11(3)18-15/h5-8H,4,9H2,1-3H3,(H,17,19). The van der Waals surface area contributed by atoms with Gasteiger partial charge >= 0.3 is 0 Å². The van der Waals surface area contributed by atoms with Gasteiger partial charge in [0.15, 0.2) is 0 Å². The first-order valence-electron chi connectivity index (χ1n) is 6.56. The third-order valence-electron chi connectivity index (χ3n) is 2.71. The monoisotopic (exact) mass is 307 g/mol. The molecule has 0 radical (unpaired) electrons. The van der Waals surface area contributed by atoms with Gasteiger partial charge in [0.1, 0.15) is 5.82 Å². The molecule has 0 aromatic carbocycles. The van der Waals surface area contributed by atoms with E-state index in [0.29, 0.717) is 10.8 Å². The summed E-state index contributed by atoms with van der Waals surface area (Å²) in [5, 5.41) is 4.90. The Morgan fingerprint density at radius 1 is 1.20 bits per heavy atom. The summed E-state index contributed by atoms with van der Waals surface area (Å²) >= 11 is 7.86. The highest BCUT2D eigenvalue weighted by Crippen LogP contribution is 2.26. The van der Waals surface area contributed by atoms with E-state index in [-0.39, 0.29) is 0 Å². The van der Waals surface area contributed by atoms with Gasteiger partial charge in [-0.2, -0.15) is 0 Å². The zero-order valence-electron chi connectivity index (χ0n) is 11.9. The smallest absolute Gasteiger partial charge is 0.126 e. The van der Waals surface area contributed by atoms with Crippen LogP contribution in [0.4, 0.5) is 5.82 Å². The highest BCUT2D eigenvalue weighted by atomic mass is 35.5. The van der Waals surface area contributed by atoms with Gasteiger partial charge in [0, 0.05) is 18.0 Å². The van der Waals surface area contributed by atoms with Crippen LogP contribution in [-0.2, 0) is 5.75 Å². The number of halogens is 1. The average molecular weight is 308 g/mol. The van der Waals surface area contributed by atoms with Crippen LogP contribution in [0.3, 0.4) is 0 Å². The van der Waals surface area contributed by atoms with E-state index in [1.165, 1.54) is 5.56 Å². The molecular weight excluding hydrogens is 290 g/mol. The minimum absolute atomic E-state index is 0.698. The van der Waals surface area contributed by atoms with Gasteiger partial charge in [-0.05, 0) is 50.6 Å². The molecule has 5 heteroatoms. The van der Waals surface area contributed by atoms with Crippen LogP contribution in [0.2, 0.25) is 5.02 Å². The van der Waals surface area contributed by atoms with Crippen molar-refractivity contribution in [2.24, 2.45) is 0 Å². The summed E-state index contributed by atoms with van der Waals surface area (Å²) in [5.41, 5.74) is 3.14. The SMILES string of the molecule is CCNc1ccc(Cl)c(CSc2cc(C)cc(C)n2)n1. The summed E-state index contributed by atoms with van der Waals surface area (Å²) in [4.78, 5) is 9.04. The number of thioether (sulfide) groups is 1. The summed E-state index contributed by atoms with van der Waals surface area (Å²) in [6.45, 7) is 6.98. The summed E-state index contributed by atoms with van der Waals surface area (Å²) in [5.74, 6) is 1.58. The first-order valence-corrected chi connectivity index (χ1v) is 7.92. The number of nitrogens with zero attached hydrogens (tertiary/aromatic N) is 2. The van der Waals surface area contributed by atoms with E-state index < -0.39 is 0 Å². The summed E-state index contributed by atoms with van der Waals surface area (Å²) in [7, 11) is 0. The van der Waals surface area contributed by atoms with Gasteiger partial charge in [-0.25, -0.2) is 9.97 Å². The van der Waals surface area contributed by atoms with E-state index in [2.05, 4.69) is 34.3 Å². The number of rotatable bonds is 5. The van der Waals surface area contributed by atoms with E-state index in [1.54, 1.807) is 11.8 Å². The molecule has 2 heterocycles. The minimum Gasteiger partial charge on any atom is -0.370 e. The number of pyridine rings is 2. The van der Waals surface area contributed by atoms with Crippen LogP contribution in [0.15, 0.2) is 29.3 Å². The van der Waals surface area contributed by atoms with E-state index in [1.807, 2.05) is 26.0 Å². The van der Waals surface area contributed by atoms with Gasteiger partial charge in [-0.1, -0.05) is 23.4 Å². The van der Waals surface area contributed by atoms with Crippen LogP contribution in [0.5, 0.6) is 0 Å². The molecular formula is C15H18ClN3S. The maximum absolute atomic E-state index is 6.20. The summed E-state index contributed by atoms with van der Waals surface area (Å²) in [6.07, 6.45) is 0. The molecule has 0 aliphatic heterocycles. The second-order valence-corrected chi connectivity index (χ2v) is 5.97. The van der Waals surface area contributed by atoms with Crippen LogP contribution in [0.25, 0.3) is 0 Å². The number of aromatic nitrogens is 2. The Balaban J connectivity index is 2.11. The van der Waals surface area contributed by atoms with Crippen molar-refractivity contribution in [3.8, 4) is 0 Å². The molecule has 2 rings (SSSR count). The van der Waals surface area contributed by atoms with E-state index in [9.17, 15) is 0 Å². The highest BCUT2D eigenvalue weighted by Gasteiger charge is 2.06. The van der Waals surface area contributed by atoms with Gasteiger partial charge in [-0.3, -0.25) is 0 Å². The first kappa shape index (κ1) is 15.1. The topological polar surface area (TPSA) is 37.8 Å². The fraction of sp³-hybridized carbons (Fsp3) is 0.333. The van der Waals surface area contributed by atoms with E-state index >= 15 is 0 Å². The molecule has 0 atom stereocenters. The van der Waals surface area contributed by atoms with Crippen LogP contribution >= 0.6 is 23.4 Å². The lowest BCUT2D eigenvalue weighted by atomic mass is 10.3. The number of anilines is 1. The van der Waals surface area contributed by atoms with E-state index in [4.69, 9.17) is 11.6 Å². The fourth-order valence-electron chi connectivity index (χ4n) is 1.89. The molecule has 3 nitrogen and oxygen atoms in total. The Hall–Kier alpha value is -1.26. The molecule has 2 aromatic heterocycles. The number of aryl methyl sites for hydroxylation is 2. The third-order valence-corrected chi connectivity index (χ3v) is 3.97. The Morgan fingerprint density at radius 3 is 2.70 bits per heavy atom. The molecule has 0 aliphatic rings. The molecule has 1 N–H and O–H groups in total. The second-order valence-electron chi connectivity index (χ2n) is 4.57. The van der Waals surface area contributed by atoms with E-state index in [0.717, 1.165) is 28.8 Å². The quantitative estimate of drug-likeness (QED) is 0.827. The van der Waals surface area contributed by atoms with Gasteiger partial charge < -0.3 is 5.32 Å². The van der Waals surface area contributed by atoms with Gasteiger partial charge in [0.25, 0.3) is 0 Å². The maximum Gasteiger partial charge on any atom is 0.126 e. The van der Waals surface area contributed by atoms with Crippen LogP contribution in [0.1, 0.15) is 23.9 Å². The third kappa shape index (κ3) is 4.12. The molecule has 0 saturated heterocycles. The highest BCUT2D eigenvalue weighted by molar-refractivity contribution is 7.98. The van der Waals surface area contributed by atoms with Crippen molar-refractivity contribution in [3.63, 3.8) is 0 Å². The van der Waals surface area contributed by atoms with Crippen LogP contribution < -0.4 is 5.32 Å². The molecule has 106 valence electrons. The Labute approximate surface area is 129 Å². The Morgan fingerprint density at radius 2 is 2.00 bits per heavy atom. The first-order chi connectivity index (χ1) is 9.58. The molecule has 0 amide bonds. The van der Waals surface area contributed by atoms with Crippen molar-refractivity contribution < 1.29 is 0 Å². The fourth-order valence-corrected chi connectivity index (χ4v) is 3.12. The molecule has 0 spiro atoms. The normalized spacial score (nSPS) is 10.6. The molecule has 20 heavy (non-hydrogen) atoms. The van der Waals surface area contributed by atoms with Crippen LogP contribution in [0, 0.1) is 13.8 Å². The number of hydrogen-bond donors (Lipinski definition) is 1. The predicted octanol–water partition coefficient (Wildman–Crippen LogP) is 4.47. The Bertz CT molecular complexity index is 581. The van der Waals surface area contributed by atoms with Crippen molar-refractivity contribution in [1.82, 2.24) is 9.97 Å². The molecule has 0 fully saturated rings. The number of nitrogens with one attached hydrogen (secondary N) is 1. The van der Waals surface area contributed by atoms with Crippen molar-refractivity contribution in [2.75, 3.05) is 11.9 Å². The lowest BCUT2D eigenvalue weighted by Gasteiger charge is -2.08. The lowest BCUT2D eigenvalue weighted by Crippen LogP contribution is -2.01. The van der Waals surface area contributed by atoms with Gasteiger partial charge in [0.05, 0.1) is 15.7 Å². The lowest BCUT2D eigenvalue weighted by molar-refractivity contribution is 1.04. The predicted molar refractivity (Wildman–Crippen MR) is 86.7 cm³/mol. The van der Waals surface area contributed by atoms with Gasteiger partial charge in [0.2, 0.25) is 0 Å². The molecule has 0 saturated carbocycles. The zero-order valence-corrected chi connectivity index (χ0v) is 13.5. The van der Waals surface area contributed by atoms with Crippen molar-refractivity contribution >= 4 is 29.2 Å². The molecule has 0 unspecified atom stereocenters. The average Bonchev–Trinajstić information content (AvgIpc) is 2.38. The second kappa shape index (κ2) is 6.95. The Kier molecular flexibility index (Phi) is 5.26. The summed E-state index contributed by atoms with van der Waals surface area (Å²) in [6, 6.07) is 7.94. The minimum atomic E-state index is 0.698. The summed E-state index contributed by atoms with van der Waals surface area (Å²) < 4.78 is 0. The maximum atomic E-state index is 6.20. The van der Waals surface area contributed by atoms with Crippen molar-refractivity contribution in [1.29, 1.82) is 0 Å². The van der Waals surface area contributed by atoms with Crippen molar-refractivity contribution in [3.05, 3.63) is 46.2 Å². The molecule has 0 bridgehead atoms. The van der Waals surface area contributed by atoms with Gasteiger partial charge in [-0.15, -0.1) is 0 Å². The molecule has 2 aromatic rings. The molecule has 0 aliphatic carbocycles. The van der Waals surface area contributed by atoms with Crippen LogP contribution in [-0.4, -0.2) is 16.5 Å². The largest absolute Gasteiger partial charge is 0.370 e. The number of hydrogen-bond acceptors (Lipinski definition) is 4.